The molecule has 6 heteroatoms. The van der Waals surface area contributed by atoms with E-state index in [0.29, 0.717) is 12.3 Å². The van der Waals surface area contributed by atoms with Crippen LogP contribution in [0.15, 0.2) is 40.9 Å². The van der Waals surface area contributed by atoms with E-state index in [1.54, 1.807) is 10.9 Å². The van der Waals surface area contributed by atoms with Crippen LogP contribution in [-0.4, -0.2) is 21.6 Å². The van der Waals surface area contributed by atoms with E-state index < -0.39 is 0 Å². The highest BCUT2D eigenvalue weighted by Crippen LogP contribution is 2.25. The van der Waals surface area contributed by atoms with Gasteiger partial charge in [0, 0.05) is 10.2 Å². The zero-order valence-corrected chi connectivity index (χ0v) is 12.5. The Morgan fingerprint density at radius 3 is 2.45 bits per heavy atom. The van der Waals surface area contributed by atoms with Gasteiger partial charge < -0.3 is 10.5 Å². The maximum atomic E-state index is 5.85. The van der Waals surface area contributed by atoms with Crippen molar-refractivity contribution in [3.05, 3.63) is 40.9 Å². The number of nitrogens with zero attached hydrogens (tertiary/aromatic N) is 3. The maximum Gasteiger partial charge on any atom is 0.119 e. The van der Waals surface area contributed by atoms with Crippen LogP contribution in [0.25, 0.3) is 16.7 Å². The van der Waals surface area contributed by atoms with Crippen molar-refractivity contribution < 1.29 is 4.74 Å². The van der Waals surface area contributed by atoms with Gasteiger partial charge in [0.15, 0.2) is 0 Å². The van der Waals surface area contributed by atoms with Gasteiger partial charge in [-0.1, -0.05) is 0 Å². The van der Waals surface area contributed by atoms with Crippen molar-refractivity contribution in [3.8, 4) is 11.4 Å². The highest BCUT2D eigenvalue weighted by atomic mass is 79.9. The number of hydrogen-bond donors (Lipinski definition) is 1. The predicted molar refractivity (Wildman–Crippen MR) is 82.1 cm³/mol. The van der Waals surface area contributed by atoms with Crippen molar-refractivity contribution in [1.82, 2.24) is 15.0 Å². The van der Waals surface area contributed by atoms with Crippen LogP contribution in [0.5, 0.6) is 5.75 Å². The molecule has 102 valence electrons. The van der Waals surface area contributed by atoms with E-state index in [1.807, 2.05) is 37.3 Å². The molecule has 5 nitrogen and oxygen atoms in total. The van der Waals surface area contributed by atoms with E-state index in [0.717, 1.165) is 26.9 Å². The molecule has 2 N–H and O–H groups in total. The number of nitrogen functional groups attached to an aromatic ring is 1. The summed E-state index contributed by atoms with van der Waals surface area (Å²) in [5.41, 5.74) is 8.93. The summed E-state index contributed by atoms with van der Waals surface area (Å²) in [5, 5.41) is 8.86. The lowest BCUT2D eigenvalue weighted by Gasteiger charge is -2.03. The Kier molecular flexibility index (Phi) is 3.31. The Balaban J connectivity index is 2.01. The maximum absolute atomic E-state index is 5.85. The summed E-state index contributed by atoms with van der Waals surface area (Å²) in [6.45, 7) is 2.61. The molecule has 1 aromatic heterocycles. The Bertz CT molecular complexity index is 713. The molecule has 3 rings (SSSR count). The quantitative estimate of drug-likeness (QED) is 0.748. The van der Waals surface area contributed by atoms with Gasteiger partial charge in [-0.25, -0.2) is 0 Å². The highest BCUT2D eigenvalue weighted by molar-refractivity contribution is 9.10. The third kappa shape index (κ3) is 2.34. The van der Waals surface area contributed by atoms with Gasteiger partial charge in [-0.05, 0) is 59.3 Å². The Morgan fingerprint density at radius 1 is 1.15 bits per heavy atom. The average molecular weight is 333 g/mol. The van der Waals surface area contributed by atoms with Gasteiger partial charge in [0.2, 0.25) is 0 Å². The summed E-state index contributed by atoms with van der Waals surface area (Å²) in [5.74, 6) is 0.833. The van der Waals surface area contributed by atoms with Crippen LogP contribution >= 0.6 is 15.9 Å². The van der Waals surface area contributed by atoms with Crippen molar-refractivity contribution >= 4 is 32.7 Å². The summed E-state index contributed by atoms with van der Waals surface area (Å²) in [7, 11) is 0. The topological polar surface area (TPSA) is 66.0 Å². The number of anilines is 1. The molecule has 0 aliphatic rings. The van der Waals surface area contributed by atoms with Crippen molar-refractivity contribution in [1.29, 1.82) is 0 Å². The summed E-state index contributed by atoms with van der Waals surface area (Å²) in [6, 6.07) is 11.3. The lowest BCUT2D eigenvalue weighted by Crippen LogP contribution is -1.98. The minimum atomic E-state index is 0.649. The number of rotatable bonds is 3. The lowest BCUT2D eigenvalue weighted by molar-refractivity contribution is 0.340. The number of aromatic nitrogens is 3. The van der Waals surface area contributed by atoms with E-state index in [-0.39, 0.29) is 0 Å². The number of hydrogen-bond acceptors (Lipinski definition) is 4. The van der Waals surface area contributed by atoms with Gasteiger partial charge in [0.1, 0.15) is 16.8 Å². The number of nitrogens with two attached hydrogens (primary N) is 1. The molecular formula is C14H13BrN4O. The van der Waals surface area contributed by atoms with Gasteiger partial charge in [-0.3, -0.25) is 0 Å². The molecule has 0 aliphatic carbocycles. The minimum absolute atomic E-state index is 0.649. The SMILES string of the molecule is CCOc1ccc(-n2nc3cc(N)c(Br)cc3n2)cc1. The number of halogens is 1. The second-order valence-corrected chi connectivity index (χ2v) is 5.13. The molecule has 2 aromatic carbocycles. The fraction of sp³-hybridized carbons (Fsp3) is 0.143. The Morgan fingerprint density at radius 2 is 1.80 bits per heavy atom. The van der Waals surface area contributed by atoms with E-state index in [2.05, 4.69) is 26.1 Å². The van der Waals surface area contributed by atoms with Crippen LogP contribution < -0.4 is 10.5 Å². The molecule has 0 atom stereocenters. The zero-order valence-electron chi connectivity index (χ0n) is 10.9. The predicted octanol–water partition coefficient (Wildman–Crippen LogP) is 3.16. The summed E-state index contributed by atoms with van der Waals surface area (Å²) in [4.78, 5) is 1.59. The highest BCUT2D eigenvalue weighted by Gasteiger charge is 2.07. The van der Waals surface area contributed by atoms with E-state index in [1.165, 1.54) is 0 Å². The third-order valence-corrected chi connectivity index (χ3v) is 3.56. The van der Waals surface area contributed by atoms with Gasteiger partial charge in [0.05, 0.1) is 12.3 Å². The second-order valence-electron chi connectivity index (χ2n) is 4.28. The molecule has 3 aromatic rings. The normalized spacial score (nSPS) is 10.9. The van der Waals surface area contributed by atoms with Gasteiger partial charge in [0.25, 0.3) is 0 Å². The number of fused-ring (bicyclic) bond motifs is 1. The van der Waals surface area contributed by atoms with Crippen LogP contribution in [0.1, 0.15) is 6.92 Å². The molecule has 1 heterocycles. The van der Waals surface area contributed by atoms with Crippen molar-refractivity contribution in [2.75, 3.05) is 12.3 Å². The molecule has 0 bridgehead atoms. The second kappa shape index (κ2) is 5.13. The fourth-order valence-corrected chi connectivity index (χ4v) is 2.24. The van der Waals surface area contributed by atoms with Crippen LogP contribution in [0.3, 0.4) is 0 Å². The van der Waals surface area contributed by atoms with Crippen molar-refractivity contribution in [3.63, 3.8) is 0 Å². The van der Waals surface area contributed by atoms with Crippen molar-refractivity contribution in [2.24, 2.45) is 0 Å². The van der Waals surface area contributed by atoms with Crippen LogP contribution in [0, 0.1) is 0 Å². The first-order valence-electron chi connectivity index (χ1n) is 6.22. The molecule has 0 radical (unpaired) electrons. The lowest BCUT2D eigenvalue weighted by atomic mass is 10.3. The van der Waals surface area contributed by atoms with Crippen LogP contribution in [0.2, 0.25) is 0 Å². The molecule has 0 fully saturated rings. The van der Waals surface area contributed by atoms with E-state index >= 15 is 0 Å². The minimum Gasteiger partial charge on any atom is -0.494 e. The van der Waals surface area contributed by atoms with Gasteiger partial charge in [-0.2, -0.15) is 4.80 Å². The van der Waals surface area contributed by atoms with E-state index in [4.69, 9.17) is 10.5 Å². The first-order chi connectivity index (χ1) is 9.67. The summed E-state index contributed by atoms with van der Waals surface area (Å²) < 4.78 is 6.24. The van der Waals surface area contributed by atoms with Crippen LogP contribution in [-0.2, 0) is 0 Å². The zero-order chi connectivity index (χ0) is 14.1. The number of ether oxygens (including phenoxy) is 1. The standard InChI is InChI=1S/C14H13BrN4O/c1-2-20-10-5-3-9(4-6-10)19-17-13-7-11(15)12(16)8-14(13)18-19/h3-8H,2,16H2,1H3. The Hall–Kier alpha value is -2.08. The Labute approximate surface area is 124 Å². The first kappa shape index (κ1) is 12.9. The first-order valence-corrected chi connectivity index (χ1v) is 7.02. The van der Waals surface area contributed by atoms with Gasteiger partial charge >= 0.3 is 0 Å². The fourth-order valence-electron chi connectivity index (χ4n) is 1.91. The molecule has 0 saturated heterocycles. The molecule has 0 unspecified atom stereocenters. The molecule has 20 heavy (non-hydrogen) atoms. The molecule has 0 spiro atoms. The van der Waals surface area contributed by atoms with E-state index in [9.17, 15) is 0 Å². The van der Waals surface area contributed by atoms with Gasteiger partial charge in [-0.15, -0.1) is 10.2 Å². The third-order valence-electron chi connectivity index (χ3n) is 2.88. The molecule has 0 aliphatic heterocycles. The smallest absolute Gasteiger partial charge is 0.119 e. The molecule has 0 saturated carbocycles. The summed E-state index contributed by atoms with van der Waals surface area (Å²) in [6.07, 6.45) is 0. The largest absolute Gasteiger partial charge is 0.494 e. The summed E-state index contributed by atoms with van der Waals surface area (Å²) >= 11 is 3.39. The van der Waals surface area contributed by atoms with Crippen LogP contribution in [0.4, 0.5) is 5.69 Å². The molecular weight excluding hydrogens is 320 g/mol. The molecule has 0 amide bonds. The monoisotopic (exact) mass is 332 g/mol. The van der Waals surface area contributed by atoms with Crippen molar-refractivity contribution in [2.45, 2.75) is 6.92 Å². The average Bonchev–Trinajstić information content (AvgIpc) is 2.83. The number of benzene rings is 2.